The van der Waals surface area contributed by atoms with E-state index in [0.29, 0.717) is 6.10 Å². The van der Waals surface area contributed by atoms with E-state index in [1.54, 1.807) is 0 Å². The second kappa shape index (κ2) is 3.51. The van der Waals surface area contributed by atoms with Crippen molar-refractivity contribution >= 4 is 0 Å². The van der Waals surface area contributed by atoms with E-state index in [1.807, 2.05) is 0 Å². The summed E-state index contributed by atoms with van der Waals surface area (Å²) in [4.78, 5) is 0. The Hall–Kier alpha value is -0.500. The Morgan fingerprint density at radius 1 is 1.44 bits per heavy atom. The lowest BCUT2D eigenvalue weighted by atomic mass is 10.2. The van der Waals surface area contributed by atoms with E-state index in [4.69, 9.17) is 9.47 Å². The van der Waals surface area contributed by atoms with Gasteiger partial charge < -0.3 is 9.47 Å². The number of hydrogen-bond acceptors (Lipinski definition) is 2. The molecule has 1 saturated heterocycles. The van der Waals surface area contributed by atoms with Crippen LogP contribution in [0.4, 0.5) is 0 Å². The van der Waals surface area contributed by atoms with E-state index in [9.17, 15) is 0 Å². The van der Waals surface area contributed by atoms with Crippen molar-refractivity contribution < 1.29 is 9.47 Å². The van der Waals surface area contributed by atoms with E-state index < -0.39 is 0 Å². The normalized spacial score (nSPS) is 21.3. The van der Waals surface area contributed by atoms with Crippen LogP contribution in [0.3, 0.4) is 0 Å². The van der Waals surface area contributed by atoms with Gasteiger partial charge in [-0.25, -0.2) is 0 Å². The second-order valence-electron chi connectivity index (χ2n) is 2.11. The first kappa shape index (κ1) is 6.62. The summed E-state index contributed by atoms with van der Waals surface area (Å²) < 4.78 is 10.3. The maximum Gasteiger partial charge on any atom is 0.102 e. The molecule has 52 valence electrons. The summed E-state index contributed by atoms with van der Waals surface area (Å²) in [5.41, 5.74) is 0. The maximum atomic E-state index is 5.17. The summed E-state index contributed by atoms with van der Waals surface area (Å²) >= 11 is 0. The third-order valence-corrected chi connectivity index (χ3v) is 1.46. The van der Waals surface area contributed by atoms with E-state index >= 15 is 0 Å². The highest BCUT2D eigenvalue weighted by Gasteiger charge is 2.12. The fourth-order valence-electron chi connectivity index (χ4n) is 0.948. The van der Waals surface area contributed by atoms with Crippen molar-refractivity contribution in [2.75, 3.05) is 13.2 Å². The van der Waals surface area contributed by atoms with Crippen LogP contribution in [0.15, 0.2) is 12.8 Å². The predicted molar refractivity (Wildman–Crippen MR) is 35.1 cm³/mol. The van der Waals surface area contributed by atoms with E-state index in [2.05, 4.69) is 6.58 Å². The van der Waals surface area contributed by atoms with Gasteiger partial charge in [0, 0.05) is 12.8 Å². The molecule has 0 aromatic heterocycles. The Kier molecular flexibility index (Phi) is 2.58. The van der Waals surface area contributed by atoms with Crippen LogP contribution >= 0.6 is 0 Å². The van der Waals surface area contributed by atoms with Crippen LogP contribution in [0, 0.1) is 0 Å². The zero-order valence-electron chi connectivity index (χ0n) is 5.51. The van der Waals surface area contributed by atoms with Gasteiger partial charge in [-0.2, -0.15) is 0 Å². The van der Waals surface area contributed by atoms with Crippen LogP contribution in [-0.4, -0.2) is 19.3 Å². The van der Waals surface area contributed by atoms with Gasteiger partial charge in [0.2, 0.25) is 0 Å². The Balaban J connectivity index is 2.15. The van der Waals surface area contributed by atoms with Gasteiger partial charge >= 0.3 is 0 Å². The van der Waals surface area contributed by atoms with Crippen molar-refractivity contribution in [3.8, 4) is 0 Å². The molecule has 0 amide bonds. The van der Waals surface area contributed by atoms with Gasteiger partial charge in [0.1, 0.15) is 6.10 Å². The minimum Gasteiger partial charge on any atom is -0.498 e. The summed E-state index contributed by atoms with van der Waals surface area (Å²) in [6.45, 7) is 5.16. The number of ether oxygens (including phenoxy) is 2. The molecule has 1 aliphatic rings. The number of hydrogen-bond donors (Lipinski definition) is 0. The highest BCUT2D eigenvalue weighted by atomic mass is 16.5. The van der Waals surface area contributed by atoms with Gasteiger partial charge in [0.25, 0.3) is 0 Å². The molecule has 1 heterocycles. The van der Waals surface area contributed by atoms with Crippen molar-refractivity contribution in [2.45, 2.75) is 18.9 Å². The molecule has 0 spiro atoms. The second-order valence-corrected chi connectivity index (χ2v) is 2.11. The smallest absolute Gasteiger partial charge is 0.102 e. The number of rotatable bonds is 2. The average molecular weight is 128 g/mol. The molecule has 0 aliphatic carbocycles. The molecule has 0 aromatic carbocycles. The molecule has 0 unspecified atom stereocenters. The van der Waals surface area contributed by atoms with E-state index in [1.165, 1.54) is 6.26 Å². The summed E-state index contributed by atoms with van der Waals surface area (Å²) in [5, 5.41) is 0. The first-order valence-corrected chi connectivity index (χ1v) is 3.27. The summed E-state index contributed by atoms with van der Waals surface area (Å²) in [6.07, 6.45) is 3.88. The molecule has 0 radical (unpaired) electrons. The molecule has 0 bridgehead atoms. The zero-order chi connectivity index (χ0) is 6.53. The van der Waals surface area contributed by atoms with Crippen LogP contribution in [0.5, 0.6) is 0 Å². The quantitative estimate of drug-likeness (QED) is 0.522. The summed E-state index contributed by atoms with van der Waals surface area (Å²) in [7, 11) is 0. The SMILES string of the molecule is C=COC1CCOCC1. The molecule has 1 rings (SSSR count). The van der Waals surface area contributed by atoms with Crippen LogP contribution in [0.2, 0.25) is 0 Å². The lowest BCUT2D eigenvalue weighted by Gasteiger charge is -2.20. The van der Waals surface area contributed by atoms with Gasteiger partial charge in [-0.05, 0) is 0 Å². The minimum atomic E-state index is 0.358. The standard InChI is InChI=1S/C7H12O2/c1-2-9-7-3-5-8-6-4-7/h2,7H,1,3-6H2. The largest absolute Gasteiger partial charge is 0.498 e. The Morgan fingerprint density at radius 3 is 2.67 bits per heavy atom. The molecule has 2 nitrogen and oxygen atoms in total. The molecule has 0 atom stereocenters. The molecule has 2 heteroatoms. The molecule has 0 N–H and O–H groups in total. The van der Waals surface area contributed by atoms with E-state index in [0.717, 1.165) is 26.1 Å². The van der Waals surface area contributed by atoms with Gasteiger partial charge in [0.05, 0.1) is 19.5 Å². The summed E-state index contributed by atoms with van der Waals surface area (Å²) in [5.74, 6) is 0. The lowest BCUT2D eigenvalue weighted by Crippen LogP contribution is -2.21. The monoisotopic (exact) mass is 128 g/mol. The van der Waals surface area contributed by atoms with Gasteiger partial charge in [-0.1, -0.05) is 6.58 Å². The molecule has 9 heavy (non-hydrogen) atoms. The van der Waals surface area contributed by atoms with Crippen molar-refractivity contribution in [1.29, 1.82) is 0 Å². The van der Waals surface area contributed by atoms with Crippen LogP contribution < -0.4 is 0 Å². The molecule has 0 aromatic rings. The van der Waals surface area contributed by atoms with Crippen molar-refractivity contribution in [1.82, 2.24) is 0 Å². The third kappa shape index (κ3) is 2.06. The minimum absolute atomic E-state index is 0.358. The summed E-state index contributed by atoms with van der Waals surface area (Å²) in [6, 6.07) is 0. The van der Waals surface area contributed by atoms with E-state index in [-0.39, 0.29) is 0 Å². The van der Waals surface area contributed by atoms with Crippen LogP contribution in [0.1, 0.15) is 12.8 Å². The predicted octanol–water partition coefficient (Wildman–Crippen LogP) is 1.33. The first-order chi connectivity index (χ1) is 4.43. The maximum absolute atomic E-state index is 5.17. The average Bonchev–Trinajstić information content (AvgIpc) is 1.91. The fraction of sp³-hybridized carbons (Fsp3) is 0.714. The zero-order valence-corrected chi connectivity index (χ0v) is 5.51. The van der Waals surface area contributed by atoms with Crippen molar-refractivity contribution in [3.63, 3.8) is 0 Å². The highest BCUT2D eigenvalue weighted by Crippen LogP contribution is 2.09. The highest BCUT2D eigenvalue weighted by molar-refractivity contribution is 4.65. The fourth-order valence-corrected chi connectivity index (χ4v) is 0.948. The molecule has 0 saturated carbocycles. The molecule has 1 aliphatic heterocycles. The van der Waals surface area contributed by atoms with Crippen molar-refractivity contribution in [3.05, 3.63) is 12.8 Å². The van der Waals surface area contributed by atoms with Crippen LogP contribution in [-0.2, 0) is 9.47 Å². The van der Waals surface area contributed by atoms with Gasteiger partial charge in [-0.15, -0.1) is 0 Å². The molecular formula is C7H12O2. The topological polar surface area (TPSA) is 18.5 Å². The van der Waals surface area contributed by atoms with Gasteiger partial charge in [0.15, 0.2) is 0 Å². The van der Waals surface area contributed by atoms with Crippen LogP contribution in [0.25, 0.3) is 0 Å². The third-order valence-electron chi connectivity index (χ3n) is 1.46. The van der Waals surface area contributed by atoms with Gasteiger partial charge in [-0.3, -0.25) is 0 Å². The Morgan fingerprint density at radius 2 is 2.11 bits per heavy atom. The first-order valence-electron chi connectivity index (χ1n) is 3.27. The molecule has 1 fully saturated rings. The lowest BCUT2D eigenvalue weighted by molar-refractivity contribution is 0.00630. The van der Waals surface area contributed by atoms with Crippen molar-refractivity contribution in [2.24, 2.45) is 0 Å². The Bertz CT molecular complexity index is 84.9. The Labute approximate surface area is 55.5 Å². The molecular weight excluding hydrogens is 116 g/mol.